The molecule has 1 aliphatic rings. The van der Waals surface area contributed by atoms with Crippen molar-refractivity contribution < 1.29 is 23.1 Å². The smallest absolute Gasteiger partial charge is 0.396 e. The fraction of sp³-hybridized carbons (Fsp3) is 0.462. The van der Waals surface area contributed by atoms with E-state index in [9.17, 15) is 18.0 Å². The van der Waals surface area contributed by atoms with Gasteiger partial charge >= 0.3 is 6.18 Å². The van der Waals surface area contributed by atoms with Gasteiger partial charge in [0.1, 0.15) is 5.65 Å². The molecule has 1 aliphatic heterocycles. The summed E-state index contributed by atoms with van der Waals surface area (Å²) in [6.45, 7) is 6.05. The van der Waals surface area contributed by atoms with Gasteiger partial charge in [0.15, 0.2) is 6.29 Å². The molecule has 1 fully saturated rings. The van der Waals surface area contributed by atoms with Crippen LogP contribution in [0.3, 0.4) is 0 Å². The molecule has 0 aliphatic carbocycles. The van der Waals surface area contributed by atoms with Gasteiger partial charge < -0.3 is 14.4 Å². The fourth-order valence-corrected chi connectivity index (χ4v) is 4.91. The summed E-state index contributed by atoms with van der Waals surface area (Å²) < 4.78 is 40.6. The molecule has 0 bridgehead atoms. The highest BCUT2D eigenvalue weighted by Crippen LogP contribution is 2.33. The van der Waals surface area contributed by atoms with Crippen LogP contribution in [0.2, 0.25) is 10.0 Å². The van der Waals surface area contributed by atoms with Crippen LogP contribution in [-0.2, 0) is 12.6 Å². The monoisotopic (exact) mass is 543 g/mol. The first kappa shape index (κ1) is 28.4. The number of nitrogens with zero attached hydrogens (tertiary/aromatic N) is 3. The van der Waals surface area contributed by atoms with E-state index >= 15 is 0 Å². The number of fused-ring (bicyclic) bond motifs is 1. The first-order chi connectivity index (χ1) is 17.0. The number of carbonyl (C=O) groups excluding carboxylic acids is 1. The van der Waals surface area contributed by atoms with Crippen molar-refractivity contribution >= 4 is 35.1 Å². The minimum Gasteiger partial charge on any atom is -0.396 e. The summed E-state index contributed by atoms with van der Waals surface area (Å²) in [6, 6.07) is 4.14. The maximum Gasteiger partial charge on any atom is 0.417 e. The number of rotatable bonds is 5. The molecule has 0 atom stereocenters. The van der Waals surface area contributed by atoms with Crippen molar-refractivity contribution in [2.24, 2.45) is 5.92 Å². The standard InChI is InChI=1S/C18H13Cl2F3N2O.C8H17NO/c1-9-5-12(18(21,22)23)7-25-10(2)15(24-17(9)25)6-13-14(19)4-3-11(8-26)16(13)20;1-9-5-2-8(3-6-9)4-7-10/h3-5,7-8H,6H2,1-2H3;8,10H,2-7H2,1H3. The van der Waals surface area contributed by atoms with Crippen LogP contribution in [0.25, 0.3) is 5.65 Å². The predicted octanol–water partition coefficient (Wildman–Crippen LogP) is 6.39. The van der Waals surface area contributed by atoms with E-state index in [0.29, 0.717) is 51.6 Å². The van der Waals surface area contributed by atoms with Crippen LogP contribution in [0.1, 0.15) is 57.7 Å². The van der Waals surface area contributed by atoms with Crippen LogP contribution in [0.5, 0.6) is 0 Å². The summed E-state index contributed by atoms with van der Waals surface area (Å²) in [7, 11) is 2.16. The Morgan fingerprint density at radius 3 is 2.44 bits per heavy atom. The van der Waals surface area contributed by atoms with Gasteiger partial charge in [0.2, 0.25) is 0 Å². The van der Waals surface area contributed by atoms with Crippen molar-refractivity contribution in [1.29, 1.82) is 0 Å². The Kier molecular flexibility index (Phi) is 9.44. The van der Waals surface area contributed by atoms with Gasteiger partial charge in [-0.1, -0.05) is 23.2 Å². The number of halogens is 5. The Morgan fingerprint density at radius 1 is 1.19 bits per heavy atom. The van der Waals surface area contributed by atoms with E-state index in [1.807, 2.05) is 0 Å². The molecule has 0 radical (unpaired) electrons. The third kappa shape index (κ3) is 6.59. The Labute approximate surface area is 218 Å². The van der Waals surface area contributed by atoms with Crippen LogP contribution in [0.4, 0.5) is 13.2 Å². The molecule has 2 aromatic heterocycles. The number of imidazole rings is 1. The second-order valence-electron chi connectivity index (χ2n) is 9.23. The van der Waals surface area contributed by atoms with Crippen molar-refractivity contribution in [3.63, 3.8) is 0 Å². The lowest BCUT2D eigenvalue weighted by molar-refractivity contribution is -0.137. The molecule has 1 aromatic carbocycles. The van der Waals surface area contributed by atoms with E-state index in [4.69, 9.17) is 28.3 Å². The van der Waals surface area contributed by atoms with Crippen molar-refractivity contribution in [3.05, 3.63) is 68.1 Å². The molecule has 196 valence electrons. The van der Waals surface area contributed by atoms with E-state index < -0.39 is 11.7 Å². The zero-order valence-electron chi connectivity index (χ0n) is 20.5. The maximum atomic E-state index is 13.1. The van der Waals surface area contributed by atoms with Gasteiger partial charge in [-0.2, -0.15) is 13.2 Å². The molecule has 5 nitrogen and oxygen atoms in total. The molecule has 0 saturated carbocycles. The van der Waals surface area contributed by atoms with Gasteiger partial charge in [-0.15, -0.1) is 0 Å². The average molecular weight is 544 g/mol. The van der Waals surface area contributed by atoms with Crippen molar-refractivity contribution in [2.75, 3.05) is 26.7 Å². The summed E-state index contributed by atoms with van der Waals surface area (Å²) >= 11 is 12.4. The summed E-state index contributed by atoms with van der Waals surface area (Å²) in [5.74, 6) is 0.793. The molecule has 36 heavy (non-hydrogen) atoms. The van der Waals surface area contributed by atoms with Gasteiger partial charge in [0, 0.05) is 35.5 Å². The minimum absolute atomic E-state index is 0.202. The van der Waals surface area contributed by atoms with Gasteiger partial charge in [0.05, 0.1) is 16.3 Å². The molecule has 0 amide bonds. The van der Waals surface area contributed by atoms with Crippen LogP contribution >= 0.6 is 23.2 Å². The molecule has 3 aromatic rings. The van der Waals surface area contributed by atoms with E-state index in [1.165, 1.54) is 36.4 Å². The van der Waals surface area contributed by atoms with Crippen LogP contribution in [0.15, 0.2) is 24.4 Å². The average Bonchev–Trinajstić information content (AvgIpc) is 3.14. The van der Waals surface area contributed by atoms with E-state index in [-0.39, 0.29) is 11.4 Å². The second-order valence-corrected chi connectivity index (χ2v) is 10.0. The molecular weight excluding hydrogens is 514 g/mol. The maximum absolute atomic E-state index is 13.1. The molecule has 1 saturated heterocycles. The number of aryl methyl sites for hydroxylation is 2. The molecule has 3 heterocycles. The van der Waals surface area contributed by atoms with E-state index in [2.05, 4.69) is 16.9 Å². The summed E-state index contributed by atoms with van der Waals surface area (Å²) in [5.41, 5.74) is 2.00. The van der Waals surface area contributed by atoms with Gasteiger partial charge in [-0.25, -0.2) is 4.98 Å². The molecular formula is C26H30Cl2F3N3O2. The highest BCUT2D eigenvalue weighted by atomic mass is 35.5. The lowest BCUT2D eigenvalue weighted by atomic mass is 9.94. The number of aliphatic hydroxyl groups is 1. The predicted molar refractivity (Wildman–Crippen MR) is 136 cm³/mol. The topological polar surface area (TPSA) is 57.8 Å². The highest BCUT2D eigenvalue weighted by molar-refractivity contribution is 6.37. The number of benzene rings is 1. The Balaban J connectivity index is 0.000000303. The van der Waals surface area contributed by atoms with Gasteiger partial charge in [0.25, 0.3) is 0 Å². The number of aliphatic hydroxyl groups excluding tert-OH is 1. The van der Waals surface area contributed by atoms with Gasteiger partial charge in [-0.3, -0.25) is 4.79 Å². The third-order valence-electron chi connectivity index (χ3n) is 6.63. The van der Waals surface area contributed by atoms with E-state index in [1.54, 1.807) is 19.9 Å². The normalized spacial score (nSPS) is 15.1. The van der Waals surface area contributed by atoms with Crippen LogP contribution < -0.4 is 0 Å². The third-order valence-corrected chi connectivity index (χ3v) is 7.43. The van der Waals surface area contributed by atoms with Crippen LogP contribution in [0, 0.1) is 19.8 Å². The number of hydrogen-bond donors (Lipinski definition) is 1. The number of alkyl halides is 3. The number of carbonyl (C=O) groups is 1. The molecule has 1 N–H and O–H groups in total. The number of aldehydes is 1. The lowest BCUT2D eigenvalue weighted by Crippen LogP contribution is -2.30. The second kappa shape index (κ2) is 11.9. The summed E-state index contributed by atoms with van der Waals surface area (Å²) in [4.78, 5) is 17.9. The van der Waals surface area contributed by atoms with Crippen molar-refractivity contribution in [1.82, 2.24) is 14.3 Å². The molecule has 4 rings (SSSR count). The zero-order chi connectivity index (χ0) is 26.6. The summed E-state index contributed by atoms with van der Waals surface area (Å²) in [6.07, 6.45) is 0.966. The Bertz CT molecular complexity index is 1220. The quantitative estimate of drug-likeness (QED) is 0.379. The van der Waals surface area contributed by atoms with E-state index in [0.717, 1.165) is 24.6 Å². The highest BCUT2D eigenvalue weighted by Gasteiger charge is 2.32. The number of pyridine rings is 1. The van der Waals surface area contributed by atoms with Gasteiger partial charge in [-0.05, 0) is 88.5 Å². The largest absolute Gasteiger partial charge is 0.417 e. The minimum atomic E-state index is -4.44. The molecule has 0 unspecified atom stereocenters. The van der Waals surface area contributed by atoms with Crippen molar-refractivity contribution in [2.45, 2.75) is 45.7 Å². The fourth-order valence-electron chi connectivity index (χ4n) is 4.36. The Morgan fingerprint density at radius 2 is 1.86 bits per heavy atom. The molecule has 10 heteroatoms. The molecule has 0 spiro atoms. The zero-order valence-corrected chi connectivity index (χ0v) is 22.0. The number of aromatic nitrogens is 2. The Hall–Kier alpha value is -2.13. The van der Waals surface area contributed by atoms with Crippen molar-refractivity contribution in [3.8, 4) is 0 Å². The van der Waals surface area contributed by atoms with Crippen LogP contribution in [-0.4, -0.2) is 52.4 Å². The lowest BCUT2D eigenvalue weighted by Gasteiger charge is -2.28. The number of likely N-dealkylation sites (tertiary alicyclic amines) is 1. The number of hydrogen-bond acceptors (Lipinski definition) is 4. The first-order valence-corrected chi connectivity index (χ1v) is 12.5. The SMILES string of the molecule is CN1CCC(CCO)CC1.Cc1cc(C(F)(F)F)cn2c(C)c(Cc3c(Cl)ccc(C=O)c3Cl)nc12. The summed E-state index contributed by atoms with van der Waals surface area (Å²) in [5, 5.41) is 9.26. The number of piperidine rings is 1. The first-order valence-electron chi connectivity index (χ1n) is 11.7.